The van der Waals surface area contributed by atoms with E-state index in [1.165, 1.54) is 12.1 Å². The van der Waals surface area contributed by atoms with Crippen LogP contribution in [0.5, 0.6) is 5.75 Å². The molecule has 0 unspecified atom stereocenters. The van der Waals surface area contributed by atoms with Crippen molar-refractivity contribution in [3.05, 3.63) is 75.6 Å². The quantitative estimate of drug-likeness (QED) is 0.459. The fraction of sp³-hybridized carbons (Fsp3) is 0.238. The Morgan fingerprint density at radius 3 is 2.33 bits per heavy atom. The molecule has 0 fully saturated rings. The van der Waals surface area contributed by atoms with E-state index in [4.69, 9.17) is 9.47 Å². The first-order valence-electron chi connectivity index (χ1n) is 9.34. The summed E-state index contributed by atoms with van der Waals surface area (Å²) in [7, 11) is 3.18. The van der Waals surface area contributed by atoms with Crippen LogP contribution in [0.2, 0.25) is 0 Å². The number of nitro groups is 1. The molecule has 9 nitrogen and oxygen atoms in total. The summed E-state index contributed by atoms with van der Waals surface area (Å²) in [6.45, 7) is 0.755. The first kappa shape index (κ1) is 19.6. The van der Waals surface area contributed by atoms with Crippen LogP contribution in [-0.2, 0) is 17.8 Å². The Labute approximate surface area is 172 Å². The Hall–Kier alpha value is -3.72. The predicted octanol–water partition coefficient (Wildman–Crippen LogP) is 3.14. The van der Waals surface area contributed by atoms with Crippen LogP contribution >= 0.6 is 0 Å². The lowest BCUT2D eigenvalue weighted by atomic mass is 10.0. The van der Waals surface area contributed by atoms with Gasteiger partial charge in [0.1, 0.15) is 11.4 Å². The predicted molar refractivity (Wildman–Crippen MR) is 109 cm³/mol. The van der Waals surface area contributed by atoms with Crippen LogP contribution in [-0.4, -0.2) is 41.4 Å². The number of carbonyl (C=O) groups excluding carboxylic acids is 1. The van der Waals surface area contributed by atoms with Crippen molar-refractivity contribution in [2.45, 2.75) is 13.0 Å². The Morgan fingerprint density at radius 1 is 1.07 bits per heavy atom. The molecule has 0 atom stereocenters. The number of ether oxygens (including phenoxy) is 2. The maximum atomic E-state index is 13.4. The molecule has 0 N–H and O–H groups in total. The monoisotopic (exact) mass is 408 g/mol. The number of non-ortho nitro benzene ring substituents is 1. The second kappa shape index (κ2) is 7.96. The van der Waals surface area contributed by atoms with Gasteiger partial charge in [0.2, 0.25) is 0 Å². The lowest BCUT2D eigenvalue weighted by Crippen LogP contribution is -2.38. The molecule has 0 bridgehead atoms. The number of hydrogen-bond donors (Lipinski definition) is 0. The van der Waals surface area contributed by atoms with Crippen LogP contribution in [0.1, 0.15) is 21.7 Å². The highest BCUT2D eigenvalue weighted by molar-refractivity contribution is 6.07. The number of nitro benzene ring substituents is 1. The lowest BCUT2D eigenvalue weighted by Gasteiger charge is -2.27. The average Bonchev–Trinajstić information content (AvgIpc) is 3.14. The van der Waals surface area contributed by atoms with Crippen molar-refractivity contribution < 1.29 is 19.2 Å². The molecule has 1 aliphatic rings. The first-order chi connectivity index (χ1) is 14.5. The molecule has 4 rings (SSSR count). The van der Waals surface area contributed by atoms with Crippen LogP contribution in [0.25, 0.3) is 5.69 Å². The molecule has 0 spiro atoms. The zero-order valence-electron chi connectivity index (χ0n) is 16.6. The number of nitrogens with zero attached hydrogens (tertiary/aromatic N) is 4. The fourth-order valence-electron chi connectivity index (χ4n) is 3.59. The van der Waals surface area contributed by atoms with E-state index in [2.05, 4.69) is 5.10 Å². The molecule has 3 aromatic rings. The molecule has 0 aliphatic carbocycles. The second-order valence-electron chi connectivity index (χ2n) is 6.80. The maximum absolute atomic E-state index is 13.4. The van der Waals surface area contributed by atoms with Crippen LogP contribution < -0.4 is 9.64 Å². The molecule has 2 aromatic carbocycles. The van der Waals surface area contributed by atoms with E-state index in [1.54, 1.807) is 48.1 Å². The normalized spacial score (nSPS) is 13.3. The SMILES string of the molecule is COCc1nn(-c2ccc(OC)cc2)c2c1CCN(c1ccc([N+](=O)[O-])cc1)C2=O. The summed E-state index contributed by atoms with van der Waals surface area (Å²) < 4.78 is 12.1. The lowest BCUT2D eigenvalue weighted by molar-refractivity contribution is -0.384. The second-order valence-corrected chi connectivity index (χ2v) is 6.80. The summed E-state index contributed by atoms with van der Waals surface area (Å²) in [4.78, 5) is 25.5. The number of methoxy groups -OCH3 is 2. The number of fused-ring (bicyclic) bond motifs is 1. The van der Waals surface area contributed by atoms with Gasteiger partial charge >= 0.3 is 0 Å². The van der Waals surface area contributed by atoms with Crippen molar-refractivity contribution in [1.29, 1.82) is 0 Å². The molecule has 2 heterocycles. The number of anilines is 1. The summed E-state index contributed by atoms with van der Waals surface area (Å²) in [5.74, 6) is 0.492. The number of amides is 1. The summed E-state index contributed by atoms with van der Waals surface area (Å²) in [5.41, 5.74) is 3.36. The Balaban J connectivity index is 1.76. The van der Waals surface area contributed by atoms with Crippen molar-refractivity contribution in [2.75, 3.05) is 25.7 Å². The number of aromatic nitrogens is 2. The van der Waals surface area contributed by atoms with Crippen LogP contribution in [0.4, 0.5) is 11.4 Å². The Kier molecular flexibility index (Phi) is 5.20. The van der Waals surface area contributed by atoms with Gasteiger partial charge in [0, 0.05) is 37.0 Å². The molecular weight excluding hydrogens is 388 g/mol. The van der Waals surface area contributed by atoms with Gasteiger partial charge in [-0.25, -0.2) is 4.68 Å². The van der Waals surface area contributed by atoms with Gasteiger partial charge in [-0.1, -0.05) is 0 Å². The number of hydrogen-bond acceptors (Lipinski definition) is 6. The zero-order chi connectivity index (χ0) is 21.3. The maximum Gasteiger partial charge on any atom is 0.277 e. The first-order valence-corrected chi connectivity index (χ1v) is 9.34. The summed E-state index contributed by atoms with van der Waals surface area (Å²) in [6.07, 6.45) is 0.604. The van der Waals surface area contributed by atoms with Crippen LogP contribution in [0, 0.1) is 10.1 Å². The molecule has 30 heavy (non-hydrogen) atoms. The van der Waals surface area contributed by atoms with Crippen LogP contribution in [0.3, 0.4) is 0 Å². The zero-order valence-corrected chi connectivity index (χ0v) is 16.6. The van der Waals surface area contributed by atoms with Crippen LogP contribution in [0.15, 0.2) is 48.5 Å². The van der Waals surface area contributed by atoms with Gasteiger partial charge in [-0.15, -0.1) is 0 Å². The van der Waals surface area contributed by atoms with Gasteiger partial charge in [-0.3, -0.25) is 14.9 Å². The third-order valence-electron chi connectivity index (χ3n) is 5.07. The van der Waals surface area contributed by atoms with Gasteiger partial charge in [0.05, 0.1) is 30.0 Å². The van der Waals surface area contributed by atoms with Gasteiger partial charge in [-0.05, 0) is 42.8 Å². The van der Waals surface area contributed by atoms with E-state index in [0.29, 0.717) is 36.7 Å². The van der Waals surface area contributed by atoms with Gasteiger partial charge in [0.25, 0.3) is 11.6 Å². The van der Waals surface area contributed by atoms with Crippen molar-refractivity contribution >= 4 is 17.3 Å². The van der Waals surface area contributed by atoms with Gasteiger partial charge < -0.3 is 14.4 Å². The summed E-state index contributed by atoms with van der Waals surface area (Å²) >= 11 is 0. The molecule has 0 radical (unpaired) electrons. The minimum absolute atomic E-state index is 0.0189. The van der Waals surface area contributed by atoms with E-state index in [-0.39, 0.29) is 11.6 Å². The summed E-state index contributed by atoms with van der Waals surface area (Å²) in [5, 5.41) is 15.6. The Bertz CT molecular complexity index is 1090. The standard InChI is InChI=1S/C21H20N4O5/c1-29-13-19-18-11-12-23(14-3-5-16(6-4-14)25(27)28)21(26)20(18)24(22-19)15-7-9-17(30-2)10-8-15/h3-10H,11-13H2,1-2H3. The van der Waals surface area contributed by atoms with E-state index in [0.717, 1.165) is 16.9 Å². The van der Waals surface area contributed by atoms with E-state index < -0.39 is 4.92 Å². The van der Waals surface area contributed by atoms with E-state index in [1.807, 2.05) is 12.1 Å². The fourth-order valence-corrected chi connectivity index (χ4v) is 3.59. The van der Waals surface area contributed by atoms with Crippen molar-refractivity contribution in [3.63, 3.8) is 0 Å². The average molecular weight is 408 g/mol. The topological polar surface area (TPSA) is 99.7 Å². The smallest absolute Gasteiger partial charge is 0.277 e. The number of rotatable bonds is 6. The third-order valence-corrected chi connectivity index (χ3v) is 5.07. The highest BCUT2D eigenvalue weighted by atomic mass is 16.6. The minimum atomic E-state index is -0.463. The number of benzene rings is 2. The van der Waals surface area contributed by atoms with E-state index >= 15 is 0 Å². The number of carbonyl (C=O) groups is 1. The van der Waals surface area contributed by atoms with Crippen molar-refractivity contribution in [2.24, 2.45) is 0 Å². The molecule has 1 aromatic heterocycles. The largest absolute Gasteiger partial charge is 0.497 e. The molecule has 0 saturated carbocycles. The third kappa shape index (κ3) is 3.39. The van der Waals surface area contributed by atoms with Gasteiger partial charge in [0.15, 0.2) is 0 Å². The van der Waals surface area contributed by atoms with Crippen molar-refractivity contribution in [1.82, 2.24) is 9.78 Å². The molecule has 1 amide bonds. The molecule has 154 valence electrons. The van der Waals surface area contributed by atoms with Gasteiger partial charge in [-0.2, -0.15) is 5.10 Å². The van der Waals surface area contributed by atoms with Crippen molar-refractivity contribution in [3.8, 4) is 11.4 Å². The van der Waals surface area contributed by atoms with E-state index in [9.17, 15) is 14.9 Å². The highest BCUT2D eigenvalue weighted by Gasteiger charge is 2.33. The highest BCUT2D eigenvalue weighted by Crippen LogP contribution is 2.30. The molecule has 0 saturated heterocycles. The molecule has 1 aliphatic heterocycles. The summed E-state index contributed by atoms with van der Waals surface area (Å²) in [6, 6.07) is 13.3. The molecular formula is C21H20N4O5. The minimum Gasteiger partial charge on any atom is -0.497 e. The molecule has 9 heteroatoms. The Morgan fingerprint density at radius 2 is 1.73 bits per heavy atom.